The van der Waals surface area contributed by atoms with Gasteiger partial charge in [-0.2, -0.15) is 0 Å². The van der Waals surface area contributed by atoms with E-state index in [1.807, 2.05) is 54.6 Å². The molecule has 164 valence electrons. The van der Waals surface area contributed by atoms with Gasteiger partial charge in [0.25, 0.3) is 11.5 Å². The maximum Gasteiger partial charge on any atom is 0.360 e. The zero-order chi connectivity index (χ0) is 21.7. The van der Waals surface area contributed by atoms with Crippen molar-refractivity contribution in [1.82, 2.24) is 4.90 Å². The van der Waals surface area contributed by atoms with Crippen LogP contribution in [0, 0.1) is 0 Å². The van der Waals surface area contributed by atoms with Gasteiger partial charge in [0.2, 0.25) is 0 Å². The molecule has 2 aliphatic rings. The van der Waals surface area contributed by atoms with Gasteiger partial charge >= 0.3 is 5.97 Å². The Labute approximate surface area is 183 Å². The van der Waals surface area contributed by atoms with Crippen LogP contribution >= 0.6 is 0 Å². The molecule has 1 fully saturated rings. The average molecular weight is 423 g/mol. The van der Waals surface area contributed by atoms with Gasteiger partial charge in [0.05, 0.1) is 12.3 Å². The van der Waals surface area contributed by atoms with Crippen LogP contribution in [-0.4, -0.2) is 55.2 Å². The van der Waals surface area contributed by atoms with Crippen LogP contribution in [-0.2, 0) is 20.7 Å². The van der Waals surface area contributed by atoms with Crippen LogP contribution in [0.15, 0.2) is 54.6 Å². The molecule has 2 aromatic rings. The Bertz CT molecular complexity index is 911. The van der Waals surface area contributed by atoms with E-state index in [0.29, 0.717) is 18.0 Å². The lowest BCUT2D eigenvalue weighted by Gasteiger charge is -2.41. The molecule has 1 atom stereocenters. The number of hydrogen-bond donors (Lipinski definition) is 0. The molecule has 1 amide bonds. The fraction of sp³-hybridized carbons (Fsp3) is 0.440. The highest BCUT2D eigenvalue weighted by Crippen LogP contribution is 2.39. The lowest BCUT2D eigenvalue weighted by atomic mass is 9.90. The molecule has 2 heterocycles. The largest absolute Gasteiger partial charge is 0.463 e. The third-order valence-corrected chi connectivity index (χ3v) is 6.02. The lowest BCUT2D eigenvalue weighted by Crippen LogP contribution is -2.63. The van der Waals surface area contributed by atoms with E-state index in [1.54, 1.807) is 11.8 Å². The molecule has 1 unspecified atom stereocenters. The van der Waals surface area contributed by atoms with Gasteiger partial charge in [-0.1, -0.05) is 48.9 Å². The number of piperidine rings is 1. The SMILES string of the molecule is CCOC(=O)C1(Cc2ccccc2)Oc2ccccc2N(CCN2CCCCC2)C1=O. The summed E-state index contributed by atoms with van der Waals surface area (Å²) in [5.41, 5.74) is -0.176. The van der Waals surface area contributed by atoms with E-state index in [9.17, 15) is 9.59 Å². The first-order valence-electron chi connectivity index (χ1n) is 11.2. The number of rotatable bonds is 7. The summed E-state index contributed by atoms with van der Waals surface area (Å²) in [5, 5.41) is 0. The van der Waals surface area contributed by atoms with E-state index in [4.69, 9.17) is 9.47 Å². The van der Waals surface area contributed by atoms with Gasteiger partial charge in [-0.15, -0.1) is 0 Å². The smallest absolute Gasteiger partial charge is 0.360 e. The molecule has 2 aliphatic heterocycles. The van der Waals surface area contributed by atoms with Crippen molar-refractivity contribution in [3.05, 3.63) is 60.2 Å². The van der Waals surface area contributed by atoms with Crippen molar-refractivity contribution in [2.75, 3.05) is 37.7 Å². The van der Waals surface area contributed by atoms with Crippen LogP contribution < -0.4 is 9.64 Å². The van der Waals surface area contributed by atoms with Crippen LogP contribution in [0.4, 0.5) is 5.69 Å². The number of amides is 1. The van der Waals surface area contributed by atoms with Gasteiger partial charge in [-0.25, -0.2) is 4.79 Å². The number of benzene rings is 2. The normalized spacial score (nSPS) is 21.3. The second-order valence-electron chi connectivity index (χ2n) is 8.14. The van der Waals surface area contributed by atoms with Crippen molar-refractivity contribution in [2.24, 2.45) is 0 Å². The number of para-hydroxylation sites is 2. The topological polar surface area (TPSA) is 59.1 Å². The molecule has 6 heteroatoms. The zero-order valence-electron chi connectivity index (χ0n) is 18.1. The molecule has 4 rings (SSSR count). The number of hydrogen-bond acceptors (Lipinski definition) is 5. The number of fused-ring (bicyclic) bond motifs is 1. The molecule has 6 nitrogen and oxygen atoms in total. The summed E-state index contributed by atoms with van der Waals surface area (Å²) >= 11 is 0. The van der Waals surface area contributed by atoms with Gasteiger partial charge < -0.3 is 19.3 Å². The molecule has 2 aromatic carbocycles. The highest BCUT2D eigenvalue weighted by Gasteiger charge is 2.55. The molecule has 0 aromatic heterocycles. The molecule has 0 aliphatic carbocycles. The summed E-state index contributed by atoms with van der Waals surface area (Å²) in [6.45, 7) is 5.30. The first-order chi connectivity index (χ1) is 15.1. The van der Waals surface area contributed by atoms with E-state index in [0.717, 1.165) is 25.2 Å². The zero-order valence-corrected chi connectivity index (χ0v) is 18.1. The minimum atomic E-state index is -1.73. The number of anilines is 1. The third-order valence-electron chi connectivity index (χ3n) is 6.02. The number of nitrogens with zero attached hydrogens (tertiary/aromatic N) is 2. The van der Waals surface area contributed by atoms with Gasteiger partial charge in [-0.05, 0) is 50.6 Å². The summed E-state index contributed by atoms with van der Waals surface area (Å²) in [4.78, 5) is 31.2. The summed E-state index contributed by atoms with van der Waals surface area (Å²) in [6, 6.07) is 16.9. The van der Waals surface area contributed by atoms with Gasteiger partial charge in [0, 0.05) is 19.5 Å². The highest BCUT2D eigenvalue weighted by atomic mass is 16.6. The third kappa shape index (κ3) is 4.44. The second kappa shape index (κ2) is 9.52. The van der Waals surface area contributed by atoms with Crippen molar-refractivity contribution in [3.63, 3.8) is 0 Å². The predicted molar refractivity (Wildman–Crippen MR) is 119 cm³/mol. The molecule has 0 saturated carbocycles. The number of esters is 1. The molecule has 0 bridgehead atoms. The predicted octanol–water partition coefficient (Wildman–Crippen LogP) is 3.44. The monoisotopic (exact) mass is 422 g/mol. The summed E-state index contributed by atoms with van der Waals surface area (Å²) < 4.78 is 11.6. The number of carbonyl (C=O) groups is 2. The Kier molecular flexibility index (Phi) is 6.56. The summed E-state index contributed by atoms with van der Waals surface area (Å²) in [7, 11) is 0. The van der Waals surface area contributed by atoms with Crippen molar-refractivity contribution >= 4 is 17.6 Å². The highest BCUT2D eigenvalue weighted by molar-refractivity contribution is 6.15. The maximum absolute atomic E-state index is 13.9. The van der Waals surface area contributed by atoms with E-state index >= 15 is 0 Å². The van der Waals surface area contributed by atoms with Gasteiger partial charge in [0.1, 0.15) is 5.75 Å². The van der Waals surface area contributed by atoms with Crippen molar-refractivity contribution in [2.45, 2.75) is 38.2 Å². The van der Waals surface area contributed by atoms with E-state index in [-0.39, 0.29) is 18.9 Å². The first kappa shape index (κ1) is 21.4. The van der Waals surface area contributed by atoms with Crippen molar-refractivity contribution in [3.8, 4) is 5.75 Å². The number of ether oxygens (including phenoxy) is 2. The molecule has 0 N–H and O–H groups in total. The van der Waals surface area contributed by atoms with E-state index < -0.39 is 11.6 Å². The molecule has 0 spiro atoms. The first-order valence-corrected chi connectivity index (χ1v) is 11.2. The minimum Gasteiger partial charge on any atom is -0.463 e. The van der Waals surface area contributed by atoms with E-state index in [2.05, 4.69) is 4.90 Å². The molecular weight excluding hydrogens is 392 g/mol. The van der Waals surface area contributed by atoms with Crippen LogP contribution in [0.5, 0.6) is 5.75 Å². The Morgan fingerprint density at radius 2 is 1.71 bits per heavy atom. The molecular formula is C25H30N2O4. The molecule has 31 heavy (non-hydrogen) atoms. The summed E-state index contributed by atoms with van der Waals surface area (Å²) in [5.74, 6) is -0.462. The lowest BCUT2D eigenvalue weighted by molar-refractivity contribution is -0.167. The van der Waals surface area contributed by atoms with Crippen LogP contribution in [0.1, 0.15) is 31.7 Å². The maximum atomic E-state index is 13.9. The van der Waals surface area contributed by atoms with Crippen LogP contribution in [0.3, 0.4) is 0 Å². The molecule has 1 saturated heterocycles. The number of likely N-dealkylation sites (tertiary alicyclic amines) is 1. The average Bonchev–Trinajstić information content (AvgIpc) is 2.80. The van der Waals surface area contributed by atoms with Crippen molar-refractivity contribution in [1.29, 1.82) is 0 Å². The fourth-order valence-electron chi connectivity index (χ4n) is 4.42. The van der Waals surface area contributed by atoms with Gasteiger partial charge in [-0.3, -0.25) is 4.79 Å². The van der Waals surface area contributed by atoms with Crippen LogP contribution in [0.2, 0.25) is 0 Å². The van der Waals surface area contributed by atoms with E-state index in [1.165, 1.54) is 19.3 Å². The second-order valence-corrected chi connectivity index (χ2v) is 8.14. The van der Waals surface area contributed by atoms with Crippen LogP contribution in [0.25, 0.3) is 0 Å². The standard InChI is InChI=1S/C25H30N2O4/c1-2-30-24(29)25(19-20-11-5-3-6-12-20)23(28)27(18-17-26-15-9-4-10-16-26)21-13-7-8-14-22(21)31-25/h3,5-8,11-14H,2,4,9-10,15-19H2,1H3. The summed E-state index contributed by atoms with van der Waals surface area (Å²) in [6.07, 6.45) is 3.77. The van der Waals surface area contributed by atoms with Gasteiger partial charge in [0.15, 0.2) is 0 Å². The number of carbonyl (C=O) groups excluding carboxylic acids is 2. The Balaban J connectivity index is 1.69. The molecule has 0 radical (unpaired) electrons. The Hall–Kier alpha value is -2.86. The minimum absolute atomic E-state index is 0.125. The quantitative estimate of drug-likeness (QED) is 0.505. The Morgan fingerprint density at radius 3 is 2.45 bits per heavy atom. The fourth-order valence-corrected chi connectivity index (χ4v) is 4.42. The van der Waals surface area contributed by atoms with Crippen molar-refractivity contribution < 1.29 is 19.1 Å². The Morgan fingerprint density at radius 1 is 1.00 bits per heavy atom.